The predicted molar refractivity (Wildman–Crippen MR) is 154 cm³/mol. The summed E-state index contributed by atoms with van der Waals surface area (Å²) in [5.41, 5.74) is 3.66. The molecule has 1 heterocycles. The number of rotatable bonds is 12. The molecule has 43 heavy (non-hydrogen) atoms. The van der Waals surface area contributed by atoms with Crippen LogP contribution in [0.1, 0.15) is 39.9 Å². The van der Waals surface area contributed by atoms with E-state index in [2.05, 4.69) is 10.6 Å². The molecule has 11 nitrogen and oxygen atoms in total. The summed E-state index contributed by atoms with van der Waals surface area (Å²) in [6, 6.07) is 14.8. The van der Waals surface area contributed by atoms with Crippen molar-refractivity contribution in [2.45, 2.75) is 49.8 Å². The Morgan fingerprint density at radius 1 is 0.977 bits per heavy atom. The van der Waals surface area contributed by atoms with Gasteiger partial charge in [-0.05, 0) is 41.0 Å². The minimum Gasteiger partial charge on any atom is -0.499 e. The molecule has 2 aliphatic carbocycles. The average molecular weight is 593 g/mol. The van der Waals surface area contributed by atoms with E-state index < -0.39 is 30.1 Å². The highest BCUT2D eigenvalue weighted by atomic mass is 16.8. The zero-order valence-electron chi connectivity index (χ0n) is 23.7. The lowest BCUT2D eigenvalue weighted by molar-refractivity contribution is -0.172. The molecule has 2 aromatic rings. The molecule has 11 heteroatoms. The maximum absolute atomic E-state index is 13.3. The zero-order chi connectivity index (χ0) is 30.2. The number of benzene rings is 2. The van der Waals surface area contributed by atoms with Crippen LogP contribution in [0.2, 0.25) is 0 Å². The second-order valence-corrected chi connectivity index (χ2v) is 10.6. The van der Waals surface area contributed by atoms with Crippen LogP contribution >= 0.6 is 0 Å². The summed E-state index contributed by atoms with van der Waals surface area (Å²) in [7, 11) is 0. The first-order valence-corrected chi connectivity index (χ1v) is 14.4. The number of ether oxygens (including phenoxy) is 4. The fourth-order valence-electron chi connectivity index (χ4n) is 5.57. The smallest absolute Gasteiger partial charge is 0.338 e. The second kappa shape index (κ2) is 14.0. The molecule has 0 bridgehead atoms. The van der Waals surface area contributed by atoms with Gasteiger partial charge in [-0.15, -0.1) is 0 Å². The normalized spacial score (nSPS) is 21.6. The molecule has 3 aliphatic rings. The highest BCUT2D eigenvalue weighted by Crippen LogP contribution is 2.45. The molecule has 1 saturated heterocycles. The summed E-state index contributed by atoms with van der Waals surface area (Å²) in [6.07, 6.45) is 4.06. The van der Waals surface area contributed by atoms with E-state index in [1.54, 1.807) is 36.4 Å². The van der Waals surface area contributed by atoms with E-state index in [0.717, 1.165) is 11.1 Å². The van der Waals surface area contributed by atoms with Gasteiger partial charge < -0.3 is 39.8 Å². The fourth-order valence-corrected chi connectivity index (χ4v) is 5.57. The fraction of sp³-hybridized carbons (Fsp3) is 0.406. The minimum absolute atomic E-state index is 0.0558. The van der Waals surface area contributed by atoms with Gasteiger partial charge in [0.05, 0.1) is 25.0 Å². The molecule has 0 radical (unpaired) electrons. The molecule has 3 unspecified atom stereocenters. The summed E-state index contributed by atoms with van der Waals surface area (Å²) >= 11 is 0. The second-order valence-electron chi connectivity index (χ2n) is 10.6. The monoisotopic (exact) mass is 592 g/mol. The molecule has 2 amide bonds. The van der Waals surface area contributed by atoms with Crippen LogP contribution in [0, 0.1) is 0 Å². The van der Waals surface area contributed by atoms with Crippen molar-refractivity contribution >= 4 is 23.9 Å². The van der Waals surface area contributed by atoms with Crippen molar-refractivity contribution in [3.63, 3.8) is 0 Å². The lowest BCUT2D eigenvalue weighted by Gasteiger charge is -2.30. The van der Waals surface area contributed by atoms with Gasteiger partial charge in [0.1, 0.15) is 24.9 Å². The first kappa shape index (κ1) is 30.4. The Labute approximate surface area is 249 Å². The van der Waals surface area contributed by atoms with Crippen molar-refractivity contribution in [2.75, 3.05) is 32.9 Å². The van der Waals surface area contributed by atoms with Crippen molar-refractivity contribution in [3.05, 3.63) is 88.7 Å². The predicted octanol–water partition coefficient (Wildman–Crippen LogP) is 1.42. The Bertz CT molecular complexity index is 1360. The average Bonchev–Trinajstić information content (AvgIpc) is 3.56. The number of amides is 2. The third-order valence-electron chi connectivity index (χ3n) is 7.53. The van der Waals surface area contributed by atoms with Crippen molar-refractivity contribution < 1.29 is 43.5 Å². The molecular weight excluding hydrogens is 556 g/mol. The summed E-state index contributed by atoms with van der Waals surface area (Å²) in [5.74, 6) is -2.16. The van der Waals surface area contributed by atoms with Crippen molar-refractivity contribution in [1.82, 2.24) is 10.6 Å². The number of carbonyl (C=O) groups is 3. The third-order valence-corrected chi connectivity index (χ3v) is 7.53. The van der Waals surface area contributed by atoms with E-state index in [1.165, 1.54) is 6.26 Å². The Kier molecular flexibility index (Phi) is 9.88. The number of hydrogen-bond acceptors (Lipinski definition) is 9. The van der Waals surface area contributed by atoms with E-state index in [9.17, 15) is 14.4 Å². The Morgan fingerprint density at radius 3 is 2.51 bits per heavy atom. The van der Waals surface area contributed by atoms with Crippen LogP contribution < -0.4 is 10.6 Å². The van der Waals surface area contributed by atoms with Gasteiger partial charge in [0.15, 0.2) is 5.79 Å². The summed E-state index contributed by atoms with van der Waals surface area (Å²) < 4.78 is 24.2. The minimum atomic E-state index is -0.920. The van der Waals surface area contributed by atoms with Gasteiger partial charge in [-0.3, -0.25) is 9.59 Å². The molecular formula is C32H36N2O9. The molecule has 0 saturated carbocycles. The van der Waals surface area contributed by atoms with Crippen LogP contribution in [0.3, 0.4) is 0 Å². The van der Waals surface area contributed by atoms with Crippen molar-refractivity contribution in [1.29, 1.82) is 0 Å². The summed E-state index contributed by atoms with van der Waals surface area (Å²) in [6.45, 7) is 0.145. The highest BCUT2D eigenvalue weighted by Gasteiger charge is 2.55. The molecule has 1 fully saturated rings. The standard InChI is InChI=1S/C32H36N2O9/c35-12-11-33-28(37)8-10-34-30(38)25-17-26(41-31(39)22-7-3-4-21(16-22)9-14-40-15-13-36)29-27(18-25)42-32(43-29)19-23-5-1-2-6-24(23)20-32/h1-7,9,14,16,18,26-27,29,35-36H,8,10-13,15,17,19-20H2,(H,33,37)(H,34,38). The lowest BCUT2D eigenvalue weighted by Crippen LogP contribution is -2.44. The number of carbonyl (C=O) groups excluding carboxylic acids is 3. The van der Waals surface area contributed by atoms with E-state index in [4.69, 9.17) is 29.2 Å². The van der Waals surface area contributed by atoms with Crippen LogP contribution in [-0.2, 0) is 41.4 Å². The van der Waals surface area contributed by atoms with Gasteiger partial charge >= 0.3 is 5.97 Å². The molecule has 3 atom stereocenters. The van der Waals surface area contributed by atoms with E-state index >= 15 is 0 Å². The van der Waals surface area contributed by atoms with E-state index in [1.807, 2.05) is 24.3 Å². The number of nitrogens with one attached hydrogen (secondary N) is 2. The van der Waals surface area contributed by atoms with Gasteiger partial charge in [-0.25, -0.2) is 4.79 Å². The number of hydrogen-bond donors (Lipinski definition) is 4. The maximum Gasteiger partial charge on any atom is 0.338 e. The van der Waals surface area contributed by atoms with Crippen LogP contribution in [0.15, 0.2) is 66.4 Å². The Balaban J connectivity index is 1.30. The van der Waals surface area contributed by atoms with Crippen LogP contribution in [0.4, 0.5) is 0 Å². The first-order chi connectivity index (χ1) is 20.9. The number of esters is 1. The van der Waals surface area contributed by atoms with Gasteiger partial charge in [0.25, 0.3) is 0 Å². The molecule has 2 aromatic carbocycles. The molecule has 228 valence electrons. The molecule has 5 rings (SSSR count). The summed E-state index contributed by atoms with van der Waals surface area (Å²) in [5, 5.41) is 23.0. The van der Waals surface area contributed by atoms with Crippen molar-refractivity contribution in [2.24, 2.45) is 0 Å². The quantitative estimate of drug-likeness (QED) is 0.163. The molecule has 1 aliphatic heterocycles. The third kappa shape index (κ3) is 7.49. The number of fused-ring (bicyclic) bond motifs is 2. The Morgan fingerprint density at radius 2 is 1.77 bits per heavy atom. The van der Waals surface area contributed by atoms with Gasteiger partial charge in [0, 0.05) is 44.3 Å². The molecule has 4 N–H and O–H groups in total. The zero-order valence-corrected chi connectivity index (χ0v) is 23.7. The topological polar surface area (TPSA) is 153 Å². The van der Waals surface area contributed by atoms with Gasteiger partial charge in [0.2, 0.25) is 11.8 Å². The van der Waals surface area contributed by atoms with E-state index in [-0.39, 0.29) is 57.6 Å². The Hall–Kier alpha value is -4.03. The largest absolute Gasteiger partial charge is 0.499 e. The van der Waals surface area contributed by atoms with Crippen LogP contribution in [0.25, 0.3) is 6.08 Å². The maximum atomic E-state index is 13.3. The summed E-state index contributed by atoms with van der Waals surface area (Å²) in [4.78, 5) is 38.3. The van der Waals surface area contributed by atoms with E-state index in [0.29, 0.717) is 29.5 Å². The SMILES string of the molecule is O=C(CCNC(=O)C1=CC2OC3(Cc4ccccc4C3)OC2C(OC(=O)c2cccc(C=COCCO)c2)C1)NCCO. The molecule has 1 spiro atoms. The van der Waals surface area contributed by atoms with Crippen LogP contribution in [-0.4, -0.2) is 85.0 Å². The van der Waals surface area contributed by atoms with Crippen LogP contribution in [0.5, 0.6) is 0 Å². The lowest BCUT2D eigenvalue weighted by atomic mass is 9.91. The molecule has 0 aromatic heterocycles. The number of aliphatic hydroxyl groups excluding tert-OH is 2. The number of aliphatic hydroxyl groups is 2. The van der Waals surface area contributed by atoms with Gasteiger partial charge in [-0.1, -0.05) is 36.4 Å². The van der Waals surface area contributed by atoms with Crippen molar-refractivity contribution in [3.8, 4) is 0 Å². The van der Waals surface area contributed by atoms with Gasteiger partial charge in [-0.2, -0.15) is 0 Å². The highest BCUT2D eigenvalue weighted by molar-refractivity contribution is 5.94. The first-order valence-electron chi connectivity index (χ1n) is 14.4.